The molecule has 0 atom stereocenters. The van der Waals surface area contributed by atoms with Crippen molar-refractivity contribution in [3.63, 3.8) is 0 Å². The molecule has 0 saturated carbocycles. The zero-order chi connectivity index (χ0) is 28.9. The van der Waals surface area contributed by atoms with Crippen molar-refractivity contribution in [3.8, 4) is 34.1 Å². The van der Waals surface area contributed by atoms with Crippen LogP contribution in [-0.4, -0.2) is 71.8 Å². The second-order valence-electron chi connectivity index (χ2n) is 9.93. The molecule has 0 aliphatic carbocycles. The number of methoxy groups -OCH3 is 1. The van der Waals surface area contributed by atoms with Crippen LogP contribution in [-0.2, 0) is 4.79 Å². The van der Waals surface area contributed by atoms with E-state index in [-0.39, 0.29) is 12.5 Å². The first kappa shape index (κ1) is 27.1. The number of aromatic nitrogens is 3. The molecule has 1 amide bonds. The number of hydrogen-bond donors (Lipinski definition) is 0. The van der Waals surface area contributed by atoms with Gasteiger partial charge in [0.05, 0.1) is 19.1 Å². The summed E-state index contributed by atoms with van der Waals surface area (Å²) in [6.45, 7) is 5.06. The molecule has 0 bridgehead atoms. The minimum atomic E-state index is -0.0371. The molecule has 2 aromatic heterocycles. The average Bonchev–Trinajstić information content (AvgIpc) is 3.45. The topological polar surface area (TPSA) is 82.0 Å². The lowest BCUT2D eigenvalue weighted by Gasteiger charge is -2.35. The van der Waals surface area contributed by atoms with Crippen molar-refractivity contribution < 1.29 is 19.0 Å². The molecule has 42 heavy (non-hydrogen) atoms. The number of piperazine rings is 1. The predicted molar refractivity (Wildman–Crippen MR) is 163 cm³/mol. The third kappa shape index (κ3) is 5.58. The van der Waals surface area contributed by atoms with Crippen LogP contribution >= 0.6 is 0 Å². The molecule has 9 nitrogen and oxygen atoms in total. The summed E-state index contributed by atoms with van der Waals surface area (Å²) in [5.74, 6) is 3.04. The van der Waals surface area contributed by atoms with E-state index in [2.05, 4.69) is 27.8 Å². The van der Waals surface area contributed by atoms with Gasteiger partial charge in [-0.1, -0.05) is 30.3 Å². The van der Waals surface area contributed by atoms with Gasteiger partial charge in [-0.25, -0.2) is 9.97 Å². The number of benzene rings is 3. The van der Waals surface area contributed by atoms with Gasteiger partial charge in [-0.15, -0.1) is 0 Å². The minimum absolute atomic E-state index is 0.00677. The van der Waals surface area contributed by atoms with Crippen LogP contribution in [0.25, 0.3) is 27.8 Å². The molecule has 3 heterocycles. The third-order valence-electron chi connectivity index (χ3n) is 7.43. The maximum absolute atomic E-state index is 12.9. The van der Waals surface area contributed by atoms with E-state index >= 15 is 0 Å². The summed E-state index contributed by atoms with van der Waals surface area (Å²) in [5.41, 5.74) is 3.96. The van der Waals surface area contributed by atoms with Crippen LogP contribution in [0.15, 0.2) is 91.4 Å². The van der Waals surface area contributed by atoms with E-state index in [1.54, 1.807) is 25.6 Å². The van der Waals surface area contributed by atoms with Gasteiger partial charge in [-0.3, -0.25) is 4.79 Å². The number of amides is 1. The smallest absolute Gasteiger partial charge is 0.260 e. The molecule has 6 rings (SSSR count). The molecule has 0 radical (unpaired) electrons. The molecule has 1 saturated heterocycles. The first-order valence-corrected chi connectivity index (χ1v) is 14.1. The van der Waals surface area contributed by atoms with Crippen LogP contribution in [0.2, 0.25) is 0 Å². The highest BCUT2D eigenvalue weighted by molar-refractivity contribution is 6.02. The molecule has 3 aromatic carbocycles. The average molecular weight is 564 g/mol. The molecule has 9 heteroatoms. The molecule has 1 aliphatic heterocycles. The lowest BCUT2D eigenvalue weighted by Crippen LogP contribution is -2.50. The molecule has 0 unspecified atom stereocenters. The molecule has 1 fully saturated rings. The number of carbonyl (C=O) groups is 1. The molecule has 214 valence electrons. The van der Waals surface area contributed by atoms with E-state index in [9.17, 15) is 4.79 Å². The van der Waals surface area contributed by atoms with Crippen molar-refractivity contribution in [2.75, 3.05) is 51.4 Å². The van der Waals surface area contributed by atoms with Crippen molar-refractivity contribution in [3.05, 3.63) is 91.4 Å². The van der Waals surface area contributed by atoms with Gasteiger partial charge in [0.15, 0.2) is 12.3 Å². The predicted octanol–water partition coefficient (Wildman–Crippen LogP) is 5.22. The zero-order valence-electron chi connectivity index (χ0n) is 23.8. The Morgan fingerprint density at radius 1 is 0.810 bits per heavy atom. The van der Waals surface area contributed by atoms with Crippen molar-refractivity contribution >= 4 is 22.8 Å². The first-order chi connectivity index (χ1) is 20.6. The van der Waals surface area contributed by atoms with E-state index in [1.807, 2.05) is 66.4 Å². The molecule has 1 aliphatic rings. The Bertz CT molecular complexity index is 1640. The third-order valence-corrected chi connectivity index (χ3v) is 7.43. The van der Waals surface area contributed by atoms with E-state index in [0.717, 1.165) is 45.2 Å². The monoisotopic (exact) mass is 563 g/mol. The lowest BCUT2D eigenvalue weighted by molar-refractivity contribution is -0.133. The van der Waals surface area contributed by atoms with Gasteiger partial charge >= 0.3 is 0 Å². The van der Waals surface area contributed by atoms with Crippen LogP contribution in [0.4, 0.5) is 5.82 Å². The largest absolute Gasteiger partial charge is 0.497 e. The Balaban J connectivity index is 1.24. The zero-order valence-corrected chi connectivity index (χ0v) is 23.8. The van der Waals surface area contributed by atoms with Crippen molar-refractivity contribution in [1.29, 1.82) is 0 Å². The van der Waals surface area contributed by atoms with Crippen LogP contribution in [0, 0.1) is 0 Å². The number of anilines is 1. The van der Waals surface area contributed by atoms with Crippen molar-refractivity contribution in [2.45, 2.75) is 6.92 Å². The summed E-state index contributed by atoms with van der Waals surface area (Å²) < 4.78 is 18.7. The van der Waals surface area contributed by atoms with Crippen LogP contribution < -0.4 is 19.1 Å². The maximum Gasteiger partial charge on any atom is 0.260 e. The highest BCUT2D eigenvalue weighted by Crippen LogP contribution is 2.37. The Morgan fingerprint density at radius 2 is 1.48 bits per heavy atom. The lowest BCUT2D eigenvalue weighted by atomic mass is 10.1. The van der Waals surface area contributed by atoms with Gasteiger partial charge in [0, 0.05) is 43.6 Å². The fraction of sp³-hybridized carbons (Fsp3) is 0.242. The van der Waals surface area contributed by atoms with Gasteiger partial charge in [0.25, 0.3) is 5.91 Å². The van der Waals surface area contributed by atoms with Gasteiger partial charge in [0.1, 0.15) is 29.4 Å². The summed E-state index contributed by atoms with van der Waals surface area (Å²) in [6.07, 6.45) is 3.75. The summed E-state index contributed by atoms with van der Waals surface area (Å²) in [6, 6.07) is 25.6. The van der Waals surface area contributed by atoms with E-state index in [0.29, 0.717) is 38.5 Å². The number of carbonyl (C=O) groups excluding carboxylic acids is 1. The van der Waals surface area contributed by atoms with Gasteiger partial charge in [-0.2, -0.15) is 0 Å². The Kier molecular flexibility index (Phi) is 7.89. The Labute approximate surface area is 244 Å². The highest BCUT2D eigenvalue weighted by atomic mass is 16.5. The normalized spacial score (nSPS) is 13.3. The first-order valence-electron chi connectivity index (χ1n) is 14.1. The molecule has 0 spiro atoms. The fourth-order valence-corrected chi connectivity index (χ4v) is 5.26. The quantitative estimate of drug-likeness (QED) is 0.243. The Hall–Kier alpha value is -5.05. The summed E-state index contributed by atoms with van der Waals surface area (Å²) in [7, 11) is 1.62. The second-order valence-corrected chi connectivity index (χ2v) is 9.93. The molecule has 5 aromatic rings. The van der Waals surface area contributed by atoms with Gasteiger partial charge < -0.3 is 28.6 Å². The van der Waals surface area contributed by atoms with Crippen LogP contribution in [0.3, 0.4) is 0 Å². The van der Waals surface area contributed by atoms with E-state index in [4.69, 9.17) is 24.2 Å². The maximum atomic E-state index is 12.9. The summed E-state index contributed by atoms with van der Waals surface area (Å²) >= 11 is 0. The summed E-state index contributed by atoms with van der Waals surface area (Å²) in [5, 5.41) is 0.986. The number of ether oxygens (including phenoxy) is 3. The number of rotatable bonds is 9. The Morgan fingerprint density at radius 3 is 2.17 bits per heavy atom. The van der Waals surface area contributed by atoms with E-state index < -0.39 is 0 Å². The van der Waals surface area contributed by atoms with Gasteiger partial charge in [0.2, 0.25) is 0 Å². The standard InChI is InChI=1S/C33H33N5O4/c1-3-41-27-11-9-25(10-12-27)38-21-29(24-7-5-4-6-8-24)31-32(34-23-35-33(31)38)37-19-17-36(18-20-37)30(39)22-42-28-15-13-26(40-2)14-16-28/h4-16,21,23H,3,17-20,22H2,1-2H3. The summed E-state index contributed by atoms with van der Waals surface area (Å²) in [4.78, 5) is 26.5. The van der Waals surface area contributed by atoms with Gasteiger partial charge in [-0.05, 0) is 61.0 Å². The second kappa shape index (κ2) is 12.2. The molecule has 0 N–H and O–H groups in total. The minimum Gasteiger partial charge on any atom is -0.497 e. The number of fused-ring (bicyclic) bond motifs is 1. The van der Waals surface area contributed by atoms with E-state index in [1.165, 1.54) is 0 Å². The highest BCUT2D eigenvalue weighted by Gasteiger charge is 2.26. The molecular weight excluding hydrogens is 530 g/mol. The number of nitrogens with zero attached hydrogens (tertiary/aromatic N) is 5. The van der Waals surface area contributed by atoms with Crippen molar-refractivity contribution in [2.24, 2.45) is 0 Å². The SMILES string of the molecule is CCOc1ccc(-n2cc(-c3ccccc3)c3c(N4CCN(C(=O)COc5ccc(OC)cc5)CC4)ncnc32)cc1. The van der Waals surface area contributed by atoms with Crippen LogP contribution in [0.5, 0.6) is 17.2 Å². The fourth-order valence-electron chi connectivity index (χ4n) is 5.26. The van der Waals surface area contributed by atoms with Crippen LogP contribution in [0.1, 0.15) is 6.92 Å². The molecular formula is C33H33N5O4. The van der Waals surface area contributed by atoms with Crippen molar-refractivity contribution in [1.82, 2.24) is 19.4 Å². The number of hydrogen-bond acceptors (Lipinski definition) is 7.